The molecule has 0 spiro atoms. The molecule has 1 saturated heterocycles. The zero-order valence-electron chi connectivity index (χ0n) is 11.4. The lowest BCUT2D eigenvalue weighted by Crippen LogP contribution is -2.34. The molecule has 0 bridgehead atoms. The van der Waals surface area contributed by atoms with E-state index in [1.54, 1.807) is 4.90 Å². The van der Waals surface area contributed by atoms with Crippen molar-refractivity contribution in [2.24, 2.45) is 0 Å². The van der Waals surface area contributed by atoms with Gasteiger partial charge in [0.25, 0.3) is 5.91 Å². The zero-order chi connectivity index (χ0) is 13.9. The van der Waals surface area contributed by atoms with Crippen molar-refractivity contribution in [3.63, 3.8) is 0 Å². The lowest BCUT2D eigenvalue weighted by atomic mass is 10.0. The van der Waals surface area contributed by atoms with Crippen LogP contribution in [0.25, 0.3) is 0 Å². The molecule has 1 aromatic carbocycles. The third-order valence-electron chi connectivity index (χ3n) is 3.89. The van der Waals surface area contributed by atoms with Crippen LogP contribution in [0.2, 0.25) is 0 Å². The highest BCUT2D eigenvalue weighted by Gasteiger charge is 2.20. The summed E-state index contributed by atoms with van der Waals surface area (Å²) >= 11 is 0. The Bertz CT molecular complexity index is 542. The molecule has 0 unspecified atom stereocenters. The number of anilines is 1. The van der Waals surface area contributed by atoms with Gasteiger partial charge in [-0.2, -0.15) is 0 Å². The molecule has 2 N–H and O–H groups in total. The van der Waals surface area contributed by atoms with Gasteiger partial charge in [0.2, 0.25) is 5.91 Å². The minimum atomic E-state index is 0.0230. The maximum absolute atomic E-state index is 12.5. The number of carbonyl (C=O) groups excluding carboxylic acids is 2. The Balaban J connectivity index is 1.78. The molecule has 20 heavy (non-hydrogen) atoms. The van der Waals surface area contributed by atoms with Crippen molar-refractivity contribution in [2.75, 3.05) is 31.5 Å². The summed E-state index contributed by atoms with van der Waals surface area (Å²) in [5.41, 5.74) is 3.08. The van der Waals surface area contributed by atoms with Crippen molar-refractivity contribution >= 4 is 17.5 Å². The molecule has 5 nitrogen and oxygen atoms in total. The first-order valence-corrected chi connectivity index (χ1v) is 7.17. The van der Waals surface area contributed by atoms with Crippen LogP contribution in [0.3, 0.4) is 0 Å². The first-order chi connectivity index (χ1) is 9.74. The smallest absolute Gasteiger partial charge is 0.253 e. The van der Waals surface area contributed by atoms with Crippen LogP contribution in [-0.4, -0.2) is 42.9 Å². The number of rotatable bonds is 1. The fourth-order valence-electron chi connectivity index (χ4n) is 2.76. The largest absolute Gasteiger partial charge is 0.385 e. The third-order valence-corrected chi connectivity index (χ3v) is 3.89. The van der Waals surface area contributed by atoms with Crippen LogP contribution in [0, 0.1) is 0 Å². The van der Waals surface area contributed by atoms with Crippen LogP contribution >= 0.6 is 0 Å². The second-order valence-corrected chi connectivity index (χ2v) is 5.29. The third kappa shape index (κ3) is 2.61. The number of nitrogens with one attached hydrogen (secondary N) is 2. The highest BCUT2D eigenvalue weighted by molar-refractivity contribution is 5.95. The quantitative estimate of drug-likeness (QED) is 0.802. The molecule has 106 valence electrons. The maximum Gasteiger partial charge on any atom is 0.253 e. The van der Waals surface area contributed by atoms with Crippen LogP contribution in [0.15, 0.2) is 18.2 Å². The number of fused-ring (bicyclic) bond motifs is 1. The molecular formula is C15H19N3O2. The van der Waals surface area contributed by atoms with E-state index in [1.165, 1.54) is 5.56 Å². The second-order valence-electron chi connectivity index (χ2n) is 5.29. The van der Waals surface area contributed by atoms with Crippen molar-refractivity contribution in [1.82, 2.24) is 10.2 Å². The summed E-state index contributed by atoms with van der Waals surface area (Å²) < 4.78 is 0. The highest BCUT2D eigenvalue weighted by atomic mass is 16.2. The number of carbonyl (C=O) groups is 2. The Morgan fingerprint density at radius 2 is 2.00 bits per heavy atom. The van der Waals surface area contributed by atoms with Gasteiger partial charge in [-0.3, -0.25) is 9.59 Å². The summed E-state index contributed by atoms with van der Waals surface area (Å²) in [5.74, 6) is 0.0461. The van der Waals surface area contributed by atoms with Gasteiger partial charge in [-0.1, -0.05) is 0 Å². The number of nitrogens with zero attached hydrogens (tertiary/aromatic N) is 1. The predicted molar refractivity (Wildman–Crippen MR) is 76.8 cm³/mol. The second kappa shape index (κ2) is 5.53. The first kappa shape index (κ1) is 13.0. The summed E-state index contributed by atoms with van der Waals surface area (Å²) in [4.78, 5) is 25.6. The Morgan fingerprint density at radius 3 is 2.90 bits per heavy atom. The van der Waals surface area contributed by atoms with Gasteiger partial charge in [-0.15, -0.1) is 0 Å². The molecule has 5 heteroatoms. The van der Waals surface area contributed by atoms with E-state index in [9.17, 15) is 9.59 Å². The molecule has 1 aromatic rings. The standard InChI is InChI=1S/C15H19N3O2/c19-14-5-8-18(9-7-17-14)15(20)12-3-4-13-11(10-12)2-1-6-16-13/h3-4,10,16H,1-2,5-9H2,(H,17,19). The lowest BCUT2D eigenvalue weighted by molar-refractivity contribution is -0.120. The molecule has 0 aliphatic carbocycles. The molecule has 1 fully saturated rings. The highest BCUT2D eigenvalue weighted by Crippen LogP contribution is 2.23. The maximum atomic E-state index is 12.5. The summed E-state index contributed by atoms with van der Waals surface area (Å²) in [6.45, 7) is 2.62. The molecule has 2 heterocycles. The molecule has 0 radical (unpaired) electrons. The summed E-state index contributed by atoms with van der Waals surface area (Å²) in [5, 5.41) is 6.13. The Morgan fingerprint density at radius 1 is 1.10 bits per heavy atom. The number of hydrogen-bond acceptors (Lipinski definition) is 3. The van der Waals surface area contributed by atoms with E-state index in [1.807, 2.05) is 18.2 Å². The zero-order valence-corrected chi connectivity index (χ0v) is 11.4. The van der Waals surface area contributed by atoms with Crippen LogP contribution in [0.1, 0.15) is 28.8 Å². The van der Waals surface area contributed by atoms with Crippen molar-refractivity contribution in [1.29, 1.82) is 0 Å². The molecule has 3 rings (SSSR count). The molecule has 0 saturated carbocycles. The molecule has 2 amide bonds. The molecule has 0 atom stereocenters. The summed E-state index contributed by atoms with van der Waals surface area (Å²) in [6, 6.07) is 5.85. The van der Waals surface area contributed by atoms with E-state index < -0.39 is 0 Å². The minimum absolute atomic E-state index is 0.0230. The topological polar surface area (TPSA) is 61.4 Å². The van der Waals surface area contributed by atoms with Crippen molar-refractivity contribution in [2.45, 2.75) is 19.3 Å². The molecular weight excluding hydrogens is 254 g/mol. The van der Waals surface area contributed by atoms with E-state index in [0.29, 0.717) is 26.1 Å². The molecule has 2 aliphatic heterocycles. The minimum Gasteiger partial charge on any atom is -0.385 e. The van der Waals surface area contributed by atoms with Crippen molar-refractivity contribution in [3.8, 4) is 0 Å². The number of amides is 2. The molecule has 2 aliphatic rings. The van der Waals surface area contributed by atoms with Crippen LogP contribution in [0.5, 0.6) is 0 Å². The van der Waals surface area contributed by atoms with Gasteiger partial charge in [-0.25, -0.2) is 0 Å². The lowest BCUT2D eigenvalue weighted by Gasteiger charge is -2.22. The summed E-state index contributed by atoms with van der Waals surface area (Å²) in [6.07, 6.45) is 2.51. The van der Waals surface area contributed by atoms with Gasteiger partial charge in [0.1, 0.15) is 0 Å². The number of benzene rings is 1. The van der Waals surface area contributed by atoms with Gasteiger partial charge in [0.15, 0.2) is 0 Å². The van der Waals surface area contributed by atoms with Crippen molar-refractivity contribution in [3.05, 3.63) is 29.3 Å². The average molecular weight is 273 g/mol. The van der Waals surface area contributed by atoms with E-state index >= 15 is 0 Å². The van der Waals surface area contributed by atoms with Gasteiger partial charge in [0, 0.05) is 43.9 Å². The van der Waals surface area contributed by atoms with Crippen LogP contribution in [0.4, 0.5) is 5.69 Å². The van der Waals surface area contributed by atoms with Crippen LogP contribution in [-0.2, 0) is 11.2 Å². The average Bonchev–Trinajstić information content (AvgIpc) is 2.71. The Labute approximate surface area is 118 Å². The number of hydrogen-bond donors (Lipinski definition) is 2. The number of aryl methyl sites for hydroxylation is 1. The van der Waals surface area contributed by atoms with Crippen molar-refractivity contribution < 1.29 is 9.59 Å². The van der Waals surface area contributed by atoms with E-state index in [2.05, 4.69) is 10.6 Å². The van der Waals surface area contributed by atoms with E-state index in [0.717, 1.165) is 30.6 Å². The normalized spacial score (nSPS) is 18.6. The van der Waals surface area contributed by atoms with Gasteiger partial charge in [-0.05, 0) is 36.6 Å². The van der Waals surface area contributed by atoms with E-state index in [4.69, 9.17) is 0 Å². The fourth-order valence-corrected chi connectivity index (χ4v) is 2.76. The Kier molecular flexibility index (Phi) is 3.58. The summed E-state index contributed by atoms with van der Waals surface area (Å²) in [7, 11) is 0. The van der Waals surface area contributed by atoms with E-state index in [-0.39, 0.29) is 11.8 Å². The SMILES string of the molecule is O=C1CCN(C(=O)c2ccc3c(c2)CCCN3)CCN1. The van der Waals surface area contributed by atoms with Gasteiger partial charge < -0.3 is 15.5 Å². The fraction of sp³-hybridized carbons (Fsp3) is 0.467. The first-order valence-electron chi connectivity index (χ1n) is 7.17. The Hall–Kier alpha value is -2.04. The monoisotopic (exact) mass is 273 g/mol. The van der Waals surface area contributed by atoms with Gasteiger partial charge >= 0.3 is 0 Å². The predicted octanol–water partition coefficient (Wildman–Crippen LogP) is 1.01. The van der Waals surface area contributed by atoms with Gasteiger partial charge in [0.05, 0.1) is 0 Å². The molecule has 0 aromatic heterocycles. The van der Waals surface area contributed by atoms with Crippen LogP contribution < -0.4 is 10.6 Å².